The van der Waals surface area contributed by atoms with Gasteiger partial charge in [0.1, 0.15) is 0 Å². The molecular formula is C8H15N3. The number of piperazine rings is 1. The molecule has 1 N–H and O–H groups in total. The number of nitrogens with zero attached hydrogens (tertiary/aromatic N) is 2. The van der Waals surface area contributed by atoms with E-state index >= 15 is 0 Å². The van der Waals surface area contributed by atoms with Crippen molar-refractivity contribution in [1.29, 1.82) is 5.26 Å². The summed E-state index contributed by atoms with van der Waals surface area (Å²) in [7, 11) is 0. The van der Waals surface area contributed by atoms with Crippen LogP contribution in [-0.2, 0) is 0 Å². The molecule has 3 nitrogen and oxygen atoms in total. The molecule has 1 aliphatic rings. The normalized spacial score (nSPS) is 26.4. The minimum absolute atomic E-state index is 0.586. The van der Waals surface area contributed by atoms with Gasteiger partial charge >= 0.3 is 0 Å². The average Bonchev–Trinajstić information content (AvgIpc) is 2.01. The van der Waals surface area contributed by atoms with Crippen molar-refractivity contribution >= 4 is 0 Å². The van der Waals surface area contributed by atoms with E-state index in [1.807, 2.05) is 0 Å². The molecule has 0 saturated carbocycles. The molecule has 0 radical (unpaired) electrons. The highest BCUT2D eigenvalue weighted by atomic mass is 15.2. The Balaban J connectivity index is 2.18. The SMILES string of the molecule is C[C@@H]1CN(CCC#N)CCN1. The maximum atomic E-state index is 8.37. The molecule has 1 rings (SSSR count). The van der Waals surface area contributed by atoms with Crippen molar-refractivity contribution < 1.29 is 0 Å². The number of nitriles is 1. The Morgan fingerprint density at radius 1 is 1.73 bits per heavy atom. The summed E-state index contributed by atoms with van der Waals surface area (Å²) in [5, 5.41) is 11.7. The van der Waals surface area contributed by atoms with Crippen molar-refractivity contribution in [2.24, 2.45) is 0 Å². The fourth-order valence-electron chi connectivity index (χ4n) is 1.42. The van der Waals surface area contributed by atoms with E-state index in [4.69, 9.17) is 5.26 Å². The Hall–Kier alpha value is -0.590. The average molecular weight is 153 g/mol. The first-order valence-corrected chi connectivity index (χ1v) is 4.15. The first-order chi connectivity index (χ1) is 5.33. The number of rotatable bonds is 2. The lowest BCUT2D eigenvalue weighted by atomic mass is 10.2. The summed E-state index contributed by atoms with van der Waals surface area (Å²) in [4.78, 5) is 2.34. The van der Waals surface area contributed by atoms with E-state index in [1.54, 1.807) is 0 Å². The monoisotopic (exact) mass is 153 g/mol. The molecule has 1 atom stereocenters. The van der Waals surface area contributed by atoms with E-state index in [0.29, 0.717) is 12.5 Å². The Morgan fingerprint density at radius 2 is 2.55 bits per heavy atom. The van der Waals surface area contributed by atoms with Gasteiger partial charge in [0, 0.05) is 38.6 Å². The van der Waals surface area contributed by atoms with Gasteiger partial charge in [-0.3, -0.25) is 4.90 Å². The minimum Gasteiger partial charge on any atom is -0.312 e. The van der Waals surface area contributed by atoms with E-state index in [0.717, 1.165) is 26.2 Å². The summed E-state index contributed by atoms with van der Waals surface area (Å²) in [6.07, 6.45) is 0.659. The van der Waals surface area contributed by atoms with Crippen LogP contribution in [0.15, 0.2) is 0 Å². The molecule has 1 aliphatic heterocycles. The number of hydrogen-bond acceptors (Lipinski definition) is 3. The van der Waals surface area contributed by atoms with Crippen LogP contribution in [0.25, 0.3) is 0 Å². The third-order valence-corrected chi connectivity index (χ3v) is 1.99. The molecule has 0 amide bonds. The van der Waals surface area contributed by atoms with Gasteiger partial charge < -0.3 is 5.32 Å². The quantitative estimate of drug-likeness (QED) is 0.615. The molecule has 0 spiro atoms. The lowest BCUT2D eigenvalue weighted by Crippen LogP contribution is -2.49. The van der Waals surface area contributed by atoms with E-state index in [-0.39, 0.29) is 0 Å². The molecule has 62 valence electrons. The largest absolute Gasteiger partial charge is 0.312 e. The van der Waals surface area contributed by atoms with Crippen LogP contribution in [0.1, 0.15) is 13.3 Å². The van der Waals surface area contributed by atoms with Crippen molar-refractivity contribution in [3.05, 3.63) is 0 Å². The van der Waals surface area contributed by atoms with Gasteiger partial charge in [-0.25, -0.2) is 0 Å². The number of nitrogens with one attached hydrogen (secondary N) is 1. The van der Waals surface area contributed by atoms with Crippen LogP contribution in [0.2, 0.25) is 0 Å². The van der Waals surface area contributed by atoms with Gasteiger partial charge in [0.25, 0.3) is 0 Å². The topological polar surface area (TPSA) is 39.1 Å². The third kappa shape index (κ3) is 2.87. The molecule has 0 aromatic rings. The summed E-state index contributed by atoms with van der Waals surface area (Å²) in [5.74, 6) is 0. The molecule has 1 fully saturated rings. The Labute approximate surface area is 68.0 Å². The molecule has 0 aromatic carbocycles. The first-order valence-electron chi connectivity index (χ1n) is 4.15. The third-order valence-electron chi connectivity index (χ3n) is 1.99. The van der Waals surface area contributed by atoms with Gasteiger partial charge in [0.2, 0.25) is 0 Å². The Bertz CT molecular complexity index is 150. The molecule has 11 heavy (non-hydrogen) atoms. The second-order valence-electron chi connectivity index (χ2n) is 3.06. The molecule has 3 heteroatoms. The van der Waals surface area contributed by atoms with E-state index in [9.17, 15) is 0 Å². The van der Waals surface area contributed by atoms with Gasteiger partial charge in [-0.1, -0.05) is 0 Å². The highest BCUT2D eigenvalue weighted by Gasteiger charge is 2.13. The minimum atomic E-state index is 0.586. The molecule has 0 bridgehead atoms. The zero-order chi connectivity index (χ0) is 8.10. The van der Waals surface area contributed by atoms with Gasteiger partial charge in [-0.05, 0) is 6.92 Å². The zero-order valence-electron chi connectivity index (χ0n) is 7.01. The zero-order valence-corrected chi connectivity index (χ0v) is 7.01. The van der Waals surface area contributed by atoms with Crippen LogP contribution in [0.4, 0.5) is 0 Å². The first kappa shape index (κ1) is 8.51. The summed E-state index contributed by atoms with van der Waals surface area (Å²) >= 11 is 0. The van der Waals surface area contributed by atoms with Crippen LogP contribution < -0.4 is 5.32 Å². The van der Waals surface area contributed by atoms with Crippen LogP contribution in [0.3, 0.4) is 0 Å². The second kappa shape index (κ2) is 4.32. The van der Waals surface area contributed by atoms with Crippen LogP contribution in [0.5, 0.6) is 0 Å². The number of hydrogen-bond donors (Lipinski definition) is 1. The van der Waals surface area contributed by atoms with Gasteiger partial charge in [-0.15, -0.1) is 0 Å². The van der Waals surface area contributed by atoms with E-state index in [1.165, 1.54) is 0 Å². The van der Waals surface area contributed by atoms with E-state index < -0.39 is 0 Å². The summed E-state index contributed by atoms with van der Waals surface area (Å²) < 4.78 is 0. The van der Waals surface area contributed by atoms with Gasteiger partial charge in [0.05, 0.1) is 6.07 Å². The summed E-state index contributed by atoms with van der Waals surface area (Å²) in [5.41, 5.74) is 0. The molecule has 0 unspecified atom stereocenters. The predicted molar refractivity (Wildman–Crippen MR) is 44.1 cm³/mol. The van der Waals surface area contributed by atoms with Crippen molar-refractivity contribution in [3.63, 3.8) is 0 Å². The van der Waals surface area contributed by atoms with Gasteiger partial charge in [-0.2, -0.15) is 5.26 Å². The molecular weight excluding hydrogens is 138 g/mol. The summed E-state index contributed by atoms with van der Waals surface area (Å²) in [6.45, 7) is 6.35. The smallest absolute Gasteiger partial charge is 0.0635 e. The van der Waals surface area contributed by atoms with Crippen molar-refractivity contribution in [2.75, 3.05) is 26.2 Å². The standard InChI is InChI=1S/C8H15N3/c1-8-7-11(5-2-3-9)6-4-10-8/h8,10H,2,4-7H2,1H3/t8-/m1/s1. The van der Waals surface area contributed by atoms with Gasteiger partial charge in [0.15, 0.2) is 0 Å². The Morgan fingerprint density at radius 3 is 3.18 bits per heavy atom. The fourth-order valence-corrected chi connectivity index (χ4v) is 1.42. The van der Waals surface area contributed by atoms with Crippen LogP contribution in [0, 0.1) is 11.3 Å². The van der Waals surface area contributed by atoms with Crippen LogP contribution in [-0.4, -0.2) is 37.1 Å². The molecule has 1 heterocycles. The highest BCUT2D eigenvalue weighted by Crippen LogP contribution is 1.98. The lowest BCUT2D eigenvalue weighted by Gasteiger charge is -2.31. The summed E-state index contributed by atoms with van der Waals surface area (Å²) in [6, 6.07) is 2.75. The predicted octanol–water partition coefficient (Wildman–Crippen LogP) is 0.194. The van der Waals surface area contributed by atoms with Crippen molar-refractivity contribution in [3.8, 4) is 6.07 Å². The van der Waals surface area contributed by atoms with Crippen LogP contribution >= 0.6 is 0 Å². The molecule has 1 saturated heterocycles. The highest BCUT2D eigenvalue weighted by molar-refractivity contribution is 4.78. The van der Waals surface area contributed by atoms with Crippen molar-refractivity contribution in [1.82, 2.24) is 10.2 Å². The maximum Gasteiger partial charge on any atom is 0.0635 e. The molecule has 0 aromatic heterocycles. The second-order valence-corrected chi connectivity index (χ2v) is 3.06. The van der Waals surface area contributed by atoms with E-state index in [2.05, 4.69) is 23.2 Å². The molecule has 0 aliphatic carbocycles. The fraction of sp³-hybridized carbons (Fsp3) is 0.875. The maximum absolute atomic E-state index is 8.37. The Kier molecular flexibility index (Phi) is 3.34. The van der Waals surface area contributed by atoms with Crippen molar-refractivity contribution in [2.45, 2.75) is 19.4 Å². The lowest BCUT2D eigenvalue weighted by molar-refractivity contribution is 0.211.